The average Bonchev–Trinajstić information content (AvgIpc) is 2.45. The minimum absolute atomic E-state index is 0.251. The summed E-state index contributed by atoms with van der Waals surface area (Å²) in [6, 6.07) is 7.50. The number of hydrogen-bond acceptors (Lipinski definition) is 4. The molecule has 0 aliphatic carbocycles. The Morgan fingerprint density at radius 2 is 2.00 bits per heavy atom. The molecule has 6 nitrogen and oxygen atoms in total. The maximum Gasteiger partial charge on any atom is 0.193 e. The first-order chi connectivity index (χ1) is 9.41. The number of nitriles is 1. The Kier molecular flexibility index (Phi) is 5.21. The van der Waals surface area contributed by atoms with Crippen LogP contribution in [0.4, 0.5) is 5.69 Å². The van der Waals surface area contributed by atoms with Crippen LogP contribution in [0.15, 0.2) is 23.2 Å². The molecule has 0 unspecified atom stereocenters. The highest BCUT2D eigenvalue weighted by molar-refractivity contribution is 5.92. The number of hydrogen-bond donors (Lipinski definition) is 2. The van der Waals surface area contributed by atoms with Gasteiger partial charge in [-0.1, -0.05) is 0 Å². The number of methoxy groups -OCH3 is 2. The molecule has 1 rings (SSSR count). The van der Waals surface area contributed by atoms with Gasteiger partial charge in [-0.2, -0.15) is 5.26 Å². The molecule has 0 atom stereocenters. The number of rotatable bonds is 5. The smallest absolute Gasteiger partial charge is 0.193 e. The minimum Gasteiger partial charge on any atom is -0.493 e. The van der Waals surface area contributed by atoms with Crippen molar-refractivity contribution in [1.82, 2.24) is 0 Å². The first-order valence-corrected chi connectivity index (χ1v) is 6.12. The zero-order chi connectivity index (χ0) is 15.2. The molecule has 0 radical (unpaired) electrons. The Hall–Kier alpha value is -2.42. The predicted octanol–water partition coefficient (Wildman–Crippen LogP) is 1.98. The van der Waals surface area contributed by atoms with Crippen molar-refractivity contribution in [2.75, 3.05) is 26.1 Å². The summed E-state index contributed by atoms with van der Waals surface area (Å²) in [7, 11) is 3.14. The van der Waals surface area contributed by atoms with E-state index in [4.69, 9.17) is 20.5 Å². The highest BCUT2D eigenvalue weighted by Crippen LogP contribution is 2.29. The van der Waals surface area contributed by atoms with Crippen LogP contribution >= 0.6 is 0 Å². The van der Waals surface area contributed by atoms with E-state index in [-0.39, 0.29) is 5.96 Å². The zero-order valence-corrected chi connectivity index (χ0v) is 12.2. The van der Waals surface area contributed by atoms with Gasteiger partial charge in [-0.3, -0.25) is 4.99 Å². The van der Waals surface area contributed by atoms with E-state index in [0.717, 1.165) is 5.69 Å². The number of anilines is 1. The molecule has 0 spiro atoms. The van der Waals surface area contributed by atoms with E-state index >= 15 is 0 Å². The molecule has 0 fully saturated rings. The lowest BCUT2D eigenvalue weighted by atomic mass is 9.96. The van der Waals surface area contributed by atoms with E-state index in [9.17, 15) is 0 Å². The Labute approximate surface area is 119 Å². The summed E-state index contributed by atoms with van der Waals surface area (Å²) in [6.07, 6.45) is 0. The van der Waals surface area contributed by atoms with Crippen LogP contribution in [0.2, 0.25) is 0 Å². The fourth-order valence-electron chi connectivity index (χ4n) is 1.42. The maximum absolute atomic E-state index is 8.91. The van der Waals surface area contributed by atoms with Crippen molar-refractivity contribution in [2.24, 2.45) is 16.1 Å². The molecular weight excluding hydrogens is 256 g/mol. The molecule has 0 amide bonds. The molecule has 108 valence electrons. The normalized spacial score (nSPS) is 11.7. The van der Waals surface area contributed by atoms with Crippen LogP contribution in [-0.2, 0) is 0 Å². The van der Waals surface area contributed by atoms with Crippen molar-refractivity contribution in [3.63, 3.8) is 0 Å². The summed E-state index contributed by atoms with van der Waals surface area (Å²) >= 11 is 0. The highest BCUT2D eigenvalue weighted by Gasteiger charge is 2.15. The van der Waals surface area contributed by atoms with Crippen molar-refractivity contribution < 1.29 is 9.47 Å². The fourth-order valence-corrected chi connectivity index (χ4v) is 1.42. The third kappa shape index (κ3) is 4.35. The van der Waals surface area contributed by atoms with Gasteiger partial charge in [-0.05, 0) is 26.0 Å². The Balaban J connectivity index is 2.78. The standard InChI is InChI=1S/C14H20N4O2/c1-14(2,8-15)9-17-13(16)18-10-5-6-11(19-3)12(7-10)20-4/h5-7H,9H2,1-4H3,(H3,16,17,18). The number of aliphatic imine (C=N–C) groups is 1. The molecule has 20 heavy (non-hydrogen) atoms. The third-order valence-electron chi connectivity index (χ3n) is 2.60. The van der Waals surface area contributed by atoms with E-state index in [1.54, 1.807) is 46.3 Å². The lowest BCUT2D eigenvalue weighted by Gasteiger charge is -2.13. The maximum atomic E-state index is 8.91. The minimum atomic E-state index is -0.538. The molecule has 3 N–H and O–H groups in total. The van der Waals surface area contributed by atoms with Crippen molar-refractivity contribution in [2.45, 2.75) is 13.8 Å². The fraction of sp³-hybridized carbons (Fsp3) is 0.429. The second-order valence-corrected chi connectivity index (χ2v) is 4.89. The number of nitrogens with two attached hydrogens (primary N) is 1. The van der Waals surface area contributed by atoms with E-state index < -0.39 is 5.41 Å². The van der Waals surface area contributed by atoms with Crippen LogP contribution in [0, 0.1) is 16.7 Å². The molecule has 0 bridgehead atoms. The quantitative estimate of drug-likeness (QED) is 0.633. The van der Waals surface area contributed by atoms with Gasteiger partial charge in [0.1, 0.15) is 0 Å². The van der Waals surface area contributed by atoms with E-state index in [0.29, 0.717) is 18.0 Å². The van der Waals surface area contributed by atoms with Crippen LogP contribution in [-0.4, -0.2) is 26.7 Å². The third-order valence-corrected chi connectivity index (χ3v) is 2.60. The SMILES string of the molecule is COc1ccc(NC(N)=NCC(C)(C)C#N)cc1OC. The van der Waals surface area contributed by atoms with Gasteiger partial charge < -0.3 is 20.5 Å². The average molecular weight is 276 g/mol. The molecule has 0 saturated heterocycles. The van der Waals surface area contributed by atoms with E-state index in [2.05, 4.69) is 16.4 Å². The van der Waals surface area contributed by atoms with Gasteiger partial charge in [-0.25, -0.2) is 0 Å². The van der Waals surface area contributed by atoms with Gasteiger partial charge in [0.25, 0.3) is 0 Å². The van der Waals surface area contributed by atoms with Crippen molar-refractivity contribution in [3.05, 3.63) is 18.2 Å². The van der Waals surface area contributed by atoms with Gasteiger partial charge in [0.05, 0.1) is 32.2 Å². The van der Waals surface area contributed by atoms with Gasteiger partial charge in [0.2, 0.25) is 0 Å². The first-order valence-electron chi connectivity index (χ1n) is 6.12. The lowest BCUT2D eigenvalue weighted by Crippen LogP contribution is -2.25. The van der Waals surface area contributed by atoms with Gasteiger partial charge in [-0.15, -0.1) is 0 Å². The molecule has 0 saturated carbocycles. The Morgan fingerprint density at radius 1 is 1.35 bits per heavy atom. The second-order valence-electron chi connectivity index (χ2n) is 4.89. The van der Waals surface area contributed by atoms with Crippen LogP contribution < -0.4 is 20.5 Å². The summed E-state index contributed by atoms with van der Waals surface area (Å²) in [5.74, 6) is 1.49. The van der Waals surface area contributed by atoms with Gasteiger partial charge in [0, 0.05) is 11.8 Å². The van der Waals surface area contributed by atoms with Crippen LogP contribution in [0.25, 0.3) is 0 Å². The Morgan fingerprint density at radius 3 is 2.55 bits per heavy atom. The van der Waals surface area contributed by atoms with Crippen molar-refractivity contribution in [3.8, 4) is 17.6 Å². The van der Waals surface area contributed by atoms with Gasteiger partial charge in [0.15, 0.2) is 17.5 Å². The van der Waals surface area contributed by atoms with Crippen LogP contribution in [0.1, 0.15) is 13.8 Å². The Bertz CT molecular complexity index is 532. The number of nitrogens with one attached hydrogen (secondary N) is 1. The lowest BCUT2D eigenvalue weighted by molar-refractivity contribution is 0.355. The number of nitrogens with zero attached hydrogens (tertiary/aromatic N) is 2. The van der Waals surface area contributed by atoms with E-state index in [1.807, 2.05) is 0 Å². The molecule has 1 aromatic carbocycles. The van der Waals surface area contributed by atoms with Crippen LogP contribution in [0.5, 0.6) is 11.5 Å². The summed E-state index contributed by atoms with van der Waals surface area (Å²) in [5.41, 5.74) is 5.98. The van der Waals surface area contributed by atoms with Crippen molar-refractivity contribution in [1.29, 1.82) is 5.26 Å². The molecule has 0 aliphatic rings. The second kappa shape index (κ2) is 6.66. The first kappa shape index (κ1) is 15.6. The summed E-state index contributed by atoms with van der Waals surface area (Å²) < 4.78 is 10.4. The molecule has 0 aromatic heterocycles. The van der Waals surface area contributed by atoms with E-state index in [1.165, 1.54) is 0 Å². The molecule has 0 heterocycles. The molecule has 6 heteroatoms. The van der Waals surface area contributed by atoms with Gasteiger partial charge >= 0.3 is 0 Å². The summed E-state index contributed by atoms with van der Waals surface area (Å²) in [4.78, 5) is 4.15. The monoisotopic (exact) mass is 276 g/mol. The topological polar surface area (TPSA) is 92.7 Å². The van der Waals surface area contributed by atoms with Crippen molar-refractivity contribution >= 4 is 11.6 Å². The number of benzene rings is 1. The zero-order valence-electron chi connectivity index (χ0n) is 12.2. The number of guanidine groups is 1. The van der Waals surface area contributed by atoms with Crippen LogP contribution in [0.3, 0.4) is 0 Å². The highest BCUT2D eigenvalue weighted by atomic mass is 16.5. The molecule has 0 aliphatic heterocycles. The largest absolute Gasteiger partial charge is 0.493 e. The molecular formula is C14H20N4O2. The molecule has 1 aromatic rings. The predicted molar refractivity (Wildman–Crippen MR) is 79.1 cm³/mol. The summed E-state index contributed by atoms with van der Waals surface area (Å²) in [6.45, 7) is 3.94. The summed E-state index contributed by atoms with van der Waals surface area (Å²) in [5, 5.41) is 11.9. The number of ether oxygens (including phenoxy) is 2.